The van der Waals surface area contributed by atoms with Crippen molar-refractivity contribution in [1.82, 2.24) is 5.06 Å². The van der Waals surface area contributed by atoms with Gasteiger partial charge < -0.3 is 14.3 Å². The number of hydrogen-bond donors (Lipinski definition) is 0. The Kier molecular flexibility index (Phi) is 5.91. The van der Waals surface area contributed by atoms with E-state index in [-0.39, 0.29) is 5.97 Å². The SMILES string of the molecule is CON=C1C(C(=O)OC(C)(C)C)CCN(OC)C1OC. The third-order valence-electron chi connectivity index (χ3n) is 2.86. The zero-order valence-electron chi connectivity index (χ0n) is 13.0. The number of esters is 1. The average Bonchev–Trinajstić information content (AvgIpc) is 2.36. The summed E-state index contributed by atoms with van der Waals surface area (Å²) in [6, 6.07) is 0. The summed E-state index contributed by atoms with van der Waals surface area (Å²) in [6.45, 7) is 6.03. The van der Waals surface area contributed by atoms with E-state index in [4.69, 9.17) is 19.1 Å². The normalized spacial score (nSPS) is 26.6. The van der Waals surface area contributed by atoms with Crippen LogP contribution in [0.15, 0.2) is 5.16 Å². The topological polar surface area (TPSA) is 69.6 Å². The lowest BCUT2D eigenvalue weighted by molar-refractivity contribution is -0.216. The van der Waals surface area contributed by atoms with Gasteiger partial charge in [0, 0.05) is 13.7 Å². The highest BCUT2D eigenvalue weighted by Gasteiger charge is 2.41. The first-order valence-corrected chi connectivity index (χ1v) is 6.51. The maximum Gasteiger partial charge on any atom is 0.315 e. The van der Waals surface area contributed by atoms with Crippen molar-refractivity contribution in [3.05, 3.63) is 0 Å². The van der Waals surface area contributed by atoms with Crippen LogP contribution < -0.4 is 0 Å². The number of piperidine rings is 1. The Morgan fingerprint density at radius 2 is 1.95 bits per heavy atom. The molecule has 0 aliphatic carbocycles. The van der Waals surface area contributed by atoms with E-state index >= 15 is 0 Å². The molecule has 1 aliphatic rings. The van der Waals surface area contributed by atoms with Crippen LogP contribution in [0.4, 0.5) is 0 Å². The molecule has 0 N–H and O–H groups in total. The first kappa shape index (κ1) is 16.9. The van der Waals surface area contributed by atoms with Gasteiger partial charge in [-0.1, -0.05) is 5.16 Å². The molecule has 0 amide bonds. The highest BCUT2D eigenvalue weighted by molar-refractivity contribution is 6.04. The second kappa shape index (κ2) is 7.01. The van der Waals surface area contributed by atoms with Gasteiger partial charge in [-0.25, -0.2) is 0 Å². The number of hydrogen-bond acceptors (Lipinski definition) is 7. The van der Waals surface area contributed by atoms with E-state index in [0.29, 0.717) is 18.7 Å². The summed E-state index contributed by atoms with van der Waals surface area (Å²) in [5.41, 5.74) is -0.0895. The number of carbonyl (C=O) groups excluding carboxylic acids is 1. The van der Waals surface area contributed by atoms with E-state index in [1.54, 1.807) is 12.2 Å². The van der Waals surface area contributed by atoms with Crippen LogP contribution in [-0.4, -0.2) is 56.4 Å². The predicted molar refractivity (Wildman–Crippen MR) is 72.9 cm³/mol. The minimum absolute atomic E-state index is 0.328. The van der Waals surface area contributed by atoms with Crippen LogP contribution in [-0.2, 0) is 23.9 Å². The second-order valence-corrected chi connectivity index (χ2v) is 5.48. The summed E-state index contributed by atoms with van der Waals surface area (Å²) in [6.07, 6.45) is -0.0311. The monoisotopic (exact) mass is 288 g/mol. The maximum atomic E-state index is 12.3. The van der Waals surface area contributed by atoms with Gasteiger partial charge in [-0.2, -0.15) is 5.06 Å². The second-order valence-electron chi connectivity index (χ2n) is 5.48. The van der Waals surface area contributed by atoms with Gasteiger partial charge in [0.1, 0.15) is 24.3 Å². The van der Waals surface area contributed by atoms with Crippen molar-refractivity contribution < 1.29 is 23.9 Å². The molecule has 1 fully saturated rings. The van der Waals surface area contributed by atoms with Crippen molar-refractivity contribution in [1.29, 1.82) is 0 Å². The molecular weight excluding hydrogens is 264 g/mol. The van der Waals surface area contributed by atoms with Crippen molar-refractivity contribution in [2.24, 2.45) is 11.1 Å². The van der Waals surface area contributed by atoms with Crippen LogP contribution in [0.1, 0.15) is 27.2 Å². The molecule has 116 valence electrons. The number of ether oxygens (including phenoxy) is 2. The van der Waals surface area contributed by atoms with Crippen LogP contribution in [0.3, 0.4) is 0 Å². The fraction of sp³-hybridized carbons (Fsp3) is 0.846. The zero-order chi connectivity index (χ0) is 15.3. The molecule has 20 heavy (non-hydrogen) atoms. The number of hydroxylamine groups is 2. The number of carbonyl (C=O) groups is 1. The Hall–Kier alpha value is -1.18. The Morgan fingerprint density at radius 1 is 1.30 bits per heavy atom. The van der Waals surface area contributed by atoms with Crippen molar-refractivity contribution in [3.8, 4) is 0 Å². The van der Waals surface area contributed by atoms with E-state index in [9.17, 15) is 4.79 Å². The number of rotatable bonds is 4. The van der Waals surface area contributed by atoms with Crippen molar-refractivity contribution in [2.75, 3.05) is 27.9 Å². The smallest absolute Gasteiger partial charge is 0.315 e. The molecule has 0 aromatic rings. The molecule has 0 aromatic heterocycles. The fourth-order valence-corrected chi connectivity index (χ4v) is 2.09. The molecule has 1 aliphatic heterocycles. The third-order valence-corrected chi connectivity index (χ3v) is 2.86. The van der Waals surface area contributed by atoms with Gasteiger partial charge in [0.2, 0.25) is 0 Å². The van der Waals surface area contributed by atoms with Crippen LogP contribution in [0.2, 0.25) is 0 Å². The van der Waals surface area contributed by atoms with E-state index in [2.05, 4.69) is 5.16 Å². The molecular formula is C13H24N2O5. The first-order valence-electron chi connectivity index (χ1n) is 6.51. The number of methoxy groups -OCH3 is 1. The predicted octanol–water partition coefficient (Wildman–Crippen LogP) is 1.19. The lowest BCUT2D eigenvalue weighted by Crippen LogP contribution is -2.53. The Morgan fingerprint density at radius 3 is 2.40 bits per heavy atom. The van der Waals surface area contributed by atoms with Gasteiger partial charge in [-0.15, -0.1) is 0 Å². The van der Waals surface area contributed by atoms with Gasteiger partial charge in [0.15, 0.2) is 6.23 Å². The maximum absolute atomic E-state index is 12.3. The van der Waals surface area contributed by atoms with Gasteiger partial charge in [0.25, 0.3) is 0 Å². The summed E-state index contributed by atoms with van der Waals surface area (Å²) >= 11 is 0. The molecule has 7 nitrogen and oxygen atoms in total. The molecule has 1 rings (SSSR count). The van der Waals surface area contributed by atoms with E-state index in [0.717, 1.165) is 0 Å². The Bertz CT molecular complexity index is 364. The van der Waals surface area contributed by atoms with E-state index in [1.807, 2.05) is 20.8 Å². The van der Waals surface area contributed by atoms with Crippen LogP contribution in [0, 0.1) is 5.92 Å². The minimum atomic E-state index is -0.564. The van der Waals surface area contributed by atoms with E-state index < -0.39 is 17.7 Å². The summed E-state index contributed by atoms with van der Waals surface area (Å²) in [7, 11) is 4.50. The number of oxime groups is 1. The summed E-state index contributed by atoms with van der Waals surface area (Å²) < 4.78 is 10.8. The van der Waals surface area contributed by atoms with Crippen LogP contribution in [0.25, 0.3) is 0 Å². The molecule has 0 saturated carbocycles. The quantitative estimate of drug-likeness (QED) is 0.571. The van der Waals surface area contributed by atoms with Gasteiger partial charge >= 0.3 is 5.97 Å². The summed E-state index contributed by atoms with van der Waals surface area (Å²) in [5, 5.41) is 5.55. The lowest BCUT2D eigenvalue weighted by atomic mass is 9.94. The van der Waals surface area contributed by atoms with Crippen LogP contribution >= 0.6 is 0 Å². The molecule has 2 unspecified atom stereocenters. The molecule has 0 spiro atoms. The minimum Gasteiger partial charge on any atom is -0.459 e. The highest BCUT2D eigenvalue weighted by atomic mass is 16.7. The molecule has 1 saturated heterocycles. The van der Waals surface area contributed by atoms with Crippen molar-refractivity contribution >= 4 is 11.7 Å². The number of nitrogens with zero attached hydrogens (tertiary/aromatic N) is 2. The van der Waals surface area contributed by atoms with Gasteiger partial charge in [-0.05, 0) is 27.2 Å². The summed E-state index contributed by atoms with van der Waals surface area (Å²) in [4.78, 5) is 22.3. The molecule has 2 atom stereocenters. The first-order chi connectivity index (χ1) is 9.34. The molecule has 0 aromatic carbocycles. The molecule has 0 bridgehead atoms. The van der Waals surface area contributed by atoms with Crippen molar-refractivity contribution in [2.45, 2.75) is 39.0 Å². The fourth-order valence-electron chi connectivity index (χ4n) is 2.09. The largest absolute Gasteiger partial charge is 0.459 e. The Balaban J connectivity index is 2.95. The highest BCUT2D eigenvalue weighted by Crippen LogP contribution is 2.24. The lowest BCUT2D eigenvalue weighted by Gasteiger charge is -2.37. The van der Waals surface area contributed by atoms with Crippen LogP contribution in [0.5, 0.6) is 0 Å². The van der Waals surface area contributed by atoms with Gasteiger partial charge in [0.05, 0.1) is 7.11 Å². The van der Waals surface area contributed by atoms with E-state index in [1.165, 1.54) is 14.2 Å². The standard InChI is InChI=1S/C13H24N2O5/c1-13(2,3)20-12(16)9-7-8-15(19-6)11(17-4)10(9)14-18-5/h9,11H,7-8H2,1-6H3. The molecule has 1 heterocycles. The van der Waals surface area contributed by atoms with Crippen molar-refractivity contribution in [3.63, 3.8) is 0 Å². The molecule has 7 heteroatoms. The van der Waals surface area contributed by atoms with Gasteiger partial charge in [-0.3, -0.25) is 9.63 Å². The third kappa shape index (κ3) is 4.16. The Labute approximate surface area is 119 Å². The molecule has 0 radical (unpaired) electrons. The zero-order valence-corrected chi connectivity index (χ0v) is 13.0. The summed E-state index contributed by atoms with van der Waals surface area (Å²) in [5.74, 6) is -0.823. The average molecular weight is 288 g/mol.